The third-order valence-electron chi connectivity index (χ3n) is 0.962. The van der Waals surface area contributed by atoms with Crippen molar-refractivity contribution in [2.24, 2.45) is 0 Å². The zero-order chi connectivity index (χ0) is 6.53. The monoisotopic (exact) mass is 231 g/mol. The topological polar surface area (TPSA) is 12.9 Å². The Bertz CT molecular complexity index is 193. The number of nitrogens with zero attached hydrogens (tertiary/aromatic N) is 1. The molecule has 0 bridgehead atoms. The van der Waals surface area contributed by atoms with Crippen LogP contribution in [-0.2, 0) is 0 Å². The number of aromatic nitrogens is 1. The lowest BCUT2D eigenvalue weighted by molar-refractivity contribution is 1.32. The molecule has 0 atom stereocenters. The van der Waals surface area contributed by atoms with Crippen LogP contribution in [0.4, 0.5) is 0 Å². The molecule has 0 aromatic carbocycles. The van der Waals surface area contributed by atoms with Crippen LogP contribution in [0.3, 0.4) is 0 Å². The maximum atomic E-state index is 3.89. The van der Waals surface area contributed by atoms with E-state index in [1.807, 2.05) is 22.3 Å². The van der Waals surface area contributed by atoms with E-state index in [4.69, 9.17) is 0 Å². The van der Waals surface area contributed by atoms with Gasteiger partial charge >= 0.3 is 0 Å². The minimum absolute atomic E-state index is 1.19. The van der Waals surface area contributed by atoms with Crippen LogP contribution in [0.5, 0.6) is 0 Å². The smallest absolute Gasteiger partial charge is 0.0273 e. The minimum Gasteiger partial charge on any atom is -0.265 e. The first-order valence-corrected chi connectivity index (χ1v) is 3.85. The van der Waals surface area contributed by atoms with Gasteiger partial charge in [0.05, 0.1) is 0 Å². The molecule has 1 rings (SSSR count). The molecule has 1 aromatic rings. The summed E-state index contributed by atoms with van der Waals surface area (Å²) >= 11 is 2.19. The number of hydrogen-bond donors (Lipinski definition) is 0. The lowest BCUT2D eigenvalue weighted by atomic mass is 10.3. The van der Waals surface area contributed by atoms with Gasteiger partial charge in [-0.3, -0.25) is 4.98 Å². The third-order valence-corrected chi connectivity index (χ3v) is 1.32. The third kappa shape index (κ3) is 2.13. The Morgan fingerprint density at radius 3 is 2.56 bits per heavy atom. The maximum Gasteiger partial charge on any atom is 0.0273 e. The zero-order valence-corrected chi connectivity index (χ0v) is 6.95. The predicted molar refractivity (Wildman–Crippen MR) is 47.3 cm³/mol. The van der Waals surface area contributed by atoms with Gasteiger partial charge in [0.25, 0.3) is 0 Å². The van der Waals surface area contributed by atoms with E-state index in [2.05, 4.69) is 27.6 Å². The van der Waals surface area contributed by atoms with Crippen molar-refractivity contribution in [3.8, 4) is 0 Å². The fourth-order valence-corrected chi connectivity index (χ4v) is 0.963. The van der Waals surface area contributed by atoms with E-state index in [-0.39, 0.29) is 0 Å². The Morgan fingerprint density at radius 2 is 2.00 bits per heavy atom. The van der Waals surface area contributed by atoms with Crippen LogP contribution in [-0.4, -0.2) is 4.98 Å². The first kappa shape index (κ1) is 6.74. The van der Waals surface area contributed by atoms with Crippen LogP contribution in [0.25, 0.3) is 6.08 Å². The predicted octanol–water partition coefficient (Wildman–Crippen LogP) is 2.49. The van der Waals surface area contributed by atoms with Crippen molar-refractivity contribution in [3.63, 3.8) is 0 Å². The highest BCUT2D eigenvalue weighted by Gasteiger charge is 1.78. The molecule has 2 heteroatoms. The quantitative estimate of drug-likeness (QED) is 0.676. The maximum absolute atomic E-state index is 3.89. The second kappa shape index (κ2) is 3.61. The van der Waals surface area contributed by atoms with Gasteiger partial charge in [0.2, 0.25) is 0 Å². The summed E-state index contributed by atoms with van der Waals surface area (Å²) in [6.07, 6.45) is 5.60. The molecular weight excluding hydrogens is 225 g/mol. The molecule has 0 aliphatic carbocycles. The second-order valence-electron chi connectivity index (χ2n) is 1.57. The van der Waals surface area contributed by atoms with Gasteiger partial charge in [0.1, 0.15) is 0 Å². The molecule has 0 aliphatic heterocycles. The molecular formula is C7H6IN. The summed E-state index contributed by atoms with van der Waals surface area (Å²) in [6, 6.07) is 3.93. The van der Waals surface area contributed by atoms with E-state index in [9.17, 15) is 0 Å². The van der Waals surface area contributed by atoms with Crippen molar-refractivity contribution in [3.05, 3.63) is 34.2 Å². The van der Waals surface area contributed by atoms with Crippen molar-refractivity contribution < 1.29 is 0 Å². The summed E-state index contributed by atoms with van der Waals surface area (Å²) in [5, 5.41) is 0. The largest absolute Gasteiger partial charge is 0.265 e. The zero-order valence-electron chi connectivity index (χ0n) is 4.79. The van der Waals surface area contributed by atoms with Gasteiger partial charge in [-0.25, -0.2) is 0 Å². The van der Waals surface area contributed by atoms with Gasteiger partial charge < -0.3 is 0 Å². The van der Waals surface area contributed by atoms with Gasteiger partial charge in [-0.1, -0.05) is 22.6 Å². The number of hydrogen-bond acceptors (Lipinski definition) is 1. The molecule has 1 aromatic heterocycles. The SMILES string of the molecule is I/C=C/c1ccncc1. The Morgan fingerprint density at radius 1 is 1.33 bits per heavy atom. The van der Waals surface area contributed by atoms with Gasteiger partial charge in [0, 0.05) is 12.4 Å². The number of halogens is 1. The van der Waals surface area contributed by atoms with Crippen molar-refractivity contribution in [2.45, 2.75) is 0 Å². The Balaban J connectivity index is 2.85. The van der Waals surface area contributed by atoms with Gasteiger partial charge in [-0.15, -0.1) is 0 Å². The van der Waals surface area contributed by atoms with Gasteiger partial charge in [-0.05, 0) is 27.9 Å². The minimum atomic E-state index is 1.19. The highest BCUT2D eigenvalue weighted by Crippen LogP contribution is 2.00. The summed E-state index contributed by atoms with van der Waals surface area (Å²) in [6.45, 7) is 0. The fourth-order valence-electron chi connectivity index (χ4n) is 0.547. The molecule has 0 saturated heterocycles. The van der Waals surface area contributed by atoms with Crippen LogP contribution in [0, 0.1) is 0 Å². The van der Waals surface area contributed by atoms with Crippen molar-refractivity contribution in [1.82, 2.24) is 4.98 Å². The molecule has 0 radical (unpaired) electrons. The molecule has 0 spiro atoms. The first-order valence-electron chi connectivity index (χ1n) is 2.60. The lowest BCUT2D eigenvalue weighted by Crippen LogP contribution is -1.69. The van der Waals surface area contributed by atoms with E-state index in [0.717, 1.165) is 0 Å². The molecule has 0 unspecified atom stereocenters. The summed E-state index contributed by atoms with van der Waals surface area (Å²) in [5.74, 6) is 0. The lowest BCUT2D eigenvalue weighted by Gasteiger charge is -1.85. The summed E-state index contributed by atoms with van der Waals surface area (Å²) in [7, 11) is 0. The molecule has 1 nitrogen and oxygen atoms in total. The summed E-state index contributed by atoms with van der Waals surface area (Å²) < 4.78 is 1.98. The molecule has 0 N–H and O–H groups in total. The van der Waals surface area contributed by atoms with E-state index in [1.54, 1.807) is 12.4 Å². The van der Waals surface area contributed by atoms with Gasteiger partial charge in [0.15, 0.2) is 0 Å². The van der Waals surface area contributed by atoms with Crippen LogP contribution in [0.1, 0.15) is 5.56 Å². The molecule has 0 amide bonds. The van der Waals surface area contributed by atoms with E-state index < -0.39 is 0 Å². The molecule has 0 saturated carbocycles. The molecule has 0 fully saturated rings. The van der Waals surface area contributed by atoms with Crippen molar-refractivity contribution in [2.75, 3.05) is 0 Å². The summed E-state index contributed by atoms with van der Waals surface area (Å²) in [5.41, 5.74) is 1.19. The molecule has 1 heterocycles. The molecule has 0 aliphatic rings. The van der Waals surface area contributed by atoms with Crippen LogP contribution in [0.2, 0.25) is 0 Å². The Kier molecular flexibility index (Phi) is 2.70. The fraction of sp³-hybridized carbons (Fsp3) is 0. The van der Waals surface area contributed by atoms with Crippen LogP contribution < -0.4 is 0 Å². The van der Waals surface area contributed by atoms with Crippen molar-refractivity contribution >= 4 is 28.7 Å². The number of rotatable bonds is 1. The van der Waals surface area contributed by atoms with Crippen LogP contribution in [0.15, 0.2) is 28.6 Å². The summed E-state index contributed by atoms with van der Waals surface area (Å²) in [4.78, 5) is 3.89. The standard InChI is InChI=1S/C7H6IN/c8-4-1-7-2-5-9-6-3-7/h1-6H/b4-1+. The Hall–Kier alpha value is -0.380. The second-order valence-corrected chi connectivity index (χ2v) is 2.29. The number of pyridine rings is 1. The first-order chi connectivity index (χ1) is 4.43. The van der Waals surface area contributed by atoms with E-state index in [0.29, 0.717) is 0 Å². The van der Waals surface area contributed by atoms with Gasteiger partial charge in [-0.2, -0.15) is 0 Å². The van der Waals surface area contributed by atoms with Crippen molar-refractivity contribution in [1.29, 1.82) is 0 Å². The molecule has 46 valence electrons. The highest BCUT2D eigenvalue weighted by atomic mass is 127. The Labute approximate surface area is 68.0 Å². The van der Waals surface area contributed by atoms with Crippen LogP contribution >= 0.6 is 22.6 Å². The molecule has 9 heavy (non-hydrogen) atoms. The van der Waals surface area contributed by atoms with E-state index in [1.165, 1.54) is 5.56 Å². The normalized spacial score (nSPS) is 10.3. The van der Waals surface area contributed by atoms with E-state index >= 15 is 0 Å². The average Bonchev–Trinajstić information content (AvgIpc) is 1.91. The highest BCUT2D eigenvalue weighted by molar-refractivity contribution is 14.1. The average molecular weight is 231 g/mol.